The van der Waals surface area contributed by atoms with Crippen LogP contribution in [0.3, 0.4) is 0 Å². The Labute approximate surface area is 284 Å². The number of hydrogen-bond acceptors (Lipinski definition) is 1. The molecule has 0 fully saturated rings. The van der Waals surface area contributed by atoms with E-state index in [0.717, 1.165) is 29.7 Å². The van der Waals surface area contributed by atoms with E-state index in [1.807, 2.05) is 24.4 Å². The van der Waals surface area contributed by atoms with Crippen molar-refractivity contribution in [2.24, 2.45) is 0 Å². The van der Waals surface area contributed by atoms with Crippen LogP contribution in [0.2, 0.25) is 0 Å². The van der Waals surface area contributed by atoms with Crippen LogP contribution < -0.4 is 0 Å². The maximum atomic E-state index is 4.87. The van der Waals surface area contributed by atoms with Crippen molar-refractivity contribution in [3.63, 3.8) is 0 Å². The molecule has 49 heavy (non-hydrogen) atoms. The summed E-state index contributed by atoms with van der Waals surface area (Å²) in [7, 11) is 0. The summed E-state index contributed by atoms with van der Waals surface area (Å²) in [5.74, 6) is 0. The molecule has 7 aromatic carbocycles. The third-order valence-corrected chi connectivity index (χ3v) is 10.3. The lowest BCUT2D eigenvalue weighted by Crippen LogP contribution is -1.97. The fourth-order valence-corrected chi connectivity index (χ4v) is 8.14. The molecule has 10 rings (SSSR count). The number of nitrogens with zero attached hydrogens (tertiary/aromatic N) is 2. The van der Waals surface area contributed by atoms with Gasteiger partial charge in [-0.15, -0.1) is 0 Å². The molecule has 2 nitrogen and oxygen atoms in total. The summed E-state index contributed by atoms with van der Waals surface area (Å²) in [6.07, 6.45) is 13.1. The predicted molar refractivity (Wildman–Crippen MR) is 208 cm³/mol. The average molecular weight is 625 g/mol. The molecular weight excluding hydrogens is 593 g/mol. The first kappa shape index (κ1) is 27.8. The standard InChI is InChI=1S/C47H32N2/c1-2-14-32(15-3-1)44-34-16-4-8-20-38(34)46(39-21-9-5-17-35(39)44)47-40-22-10-6-18-36(40)45(37-19-7-11-23-41(37)47)33-27-25-31(26-28-33)42-30-49-29-13-12-24-43(49)48-42/h1-2,4-14,16-30H,3,15H2. The molecule has 1 aliphatic carbocycles. The average Bonchev–Trinajstić information content (AvgIpc) is 3.61. The van der Waals surface area contributed by atoms with Crippen molar-refractivity contribution in [2.45, 2.75) is 12.8 Å². The van der Waals surface area contributed by atoms with Crippen molar-refractivity contribution in [3.8, 4) is 33.5 Å². The number of pyridine rings is 1. The van der Waals surface area contributed by atoms with Crippen molar-refractivity contribution in [2.75, 3.05) is 0 Å². The Morgan fingerprint density at radius 1 is 0.449 bits per heavy atom. The fourth-order valence-electron chi connectivity index (χ4n) is 8.14. The first-order chi connectivity index (χ1) is 24.3. The second kappa shape index (κ2) is 11.2. The normalized spacial score (nSPS) is 13.2. The minimum atomic E-state index is 0.953. The van der Waals surface area contributed by atoms with Crippen molar-refractivity contribution in [1.82, 2.24) is 9.38 Å². The van der Waals surface area contributed by atoms with Crippen LogP contribution >= 0.6 is 0 Å². The minimum absolute atomic E-state index is 0.953. The van der Waals surface area contributed by atoms with Gasteiger partial charge in [0.15, 0.2) is 0 Å². The zero-order chi connectivity index (χ0) is 32.3. The quantitative estimate of drug-likeness (QED) is 0.178. The Morgan fingerprint density at radius 2 is 0.918 bits per heavy atom. The molecule has 2 heterocycles. The van der Waals surface area contributed by atoms with E-state index in [-0.39, 0.29) is 0 Å². The number of fused-ring (bicyclic) bond motifs is 5. The number of allylic oxidation sites excluding steroid dienone is 4. The molecule has 0 bridgehead atoms. The highest BCUT2D eigenvalue weighted by molar-refractivity contribution is 6.29. The maximum Gasteiger partial charge on any atom is 0.137 e. The monoisotopic (exact) mass is 624 g/mol. The predicted octanol–water partition coefficient (Wildman–Crippen LogP) is 12.7. The van der Waals surface area contributed by atoms with E-state index in [0.29, 0.717) is 0 Å². The second-order valence-electron chi connectivity index (χ2n) is 13.0. The van der Waals surface area contributed by atoms with E-state index in [1.54, 1.807) is 0 Å². The minimum Gasteiger partial charge on any atom is -0.306 e. The van der Waals surface area contributed by atoms with E-state index >= 15 is 0 Å². The van der Waals surface area contributed by atoms with Gasteiger partial charge in [-0.1, -0.05) is 146 Å². The van der Waals surface area contributed by atoms with E-state index in [4.69, 9.17) is 4.98 Å². The van der Waals surface area contributed by atoms with Crippen LogP contribution in [-0.4, -0.2) is 9.38 Å². The van der Waals surface area contributed by atoms with Crippen LogP contribution in [0.15, 0.2) is 170 Å². The van der Waals surface area contributed by atoms with Gasteiger partial charge < -0.3 is 4.40 Å². The molecule has 1 aliphatic rings. The first-order valence-corrected chi connectivity index (χ1v) is 17.1. The summed E-state index contributed by atoms with van der Waals surface area (Å²) >= 11 is 0. The van der Waals surface area contributed by atoms with Crippen LogP contribution in [0, 0.1) is 0 Å². The molecule has 0 aliphatic heterocycles. The van der Waals surface area contributed by atoms with Gasteiger partial charge in [0, 0.05) is 18.0 Å². The SMILES string of the molecule is C1=CCCC(c2c3ccccc3c(-c3c4ccccc4c(-c4ccc(-c5cn6ccccc6n5)cc4)c4ccccc34)c3ccccc23)=C1. The number of rotatable bonds is 4. The summed E-state index contributed by atoms with van der Waals surface area (Å²) in [6, 6.07) is 51.1. The van der Waals surface area contributed by atoms with Gasteiger partial charge >= 0.3 is 0 Å². The van der Waals surface area contributed by atoms with Gasteiger partial charge in [-0.05, 0) is 101 Å². The molecule has 9 aromatic rings. The van der Waals surface area contributed by atoms with E-state index < -0.39 is 0 Å². The third-order valence-electron chi connectivity index (χ3n) is 10.3. The molecular formula is C47H32N2. The lowest BCUT2D eigenvalue weighted by Gasteiger charge is -2.23. The smallest absolute Gasteiger partial charge is 0.137 e. The van der Waals surface area contributed by atoms with Gasteiger partial charge in [0.2, 0.25) is 0 Å². The molecule has 0 saturated heterocycles. The molecule has 0 amide bonds. The summed E-state index contributed by atoms with van der Waals surface area (Å²) in [5, 5.41) is 10.3. The van der Waals surface area contributed by atoms with E-state index in [1.165, 1.54) is 76.5 Å². The van der Waals surface area contributed by atoms with Crippen molar-refractivity contribution < 1.29 is 0 Å². The number of benzene rings is 7. The summed E-state index contributed by atoms with van der Waals surface area (Å²) in [4.78, 5) is 4.87. The second-order valence-corrected chi connectivity index (χ2v) is 13.0. The highest BCUT2D eigenvalue weighted by Gasteiger charge is 2.22. The third kappa shape index (κ3) is 4.38. The molecule has 0 unspecified atom stereocenters. The molecule has 0 atom stereocenters. The zero-order valence-electron chi connectivity index (χ0n) is 27.0. The van der Waals surface area contributed by atoms with Crippen LogP contribution in [0.4, 0.5) is 0 Å². The van der Waals surface area contributed by atoms with Crippen LogP contribution in [0.25, 0.3) is 87.8 Å². The lowest BCUT2D eigenvalue weighted by atomic mass is 9.80. The van der Waals surface area contributed by atoms with Gasteiger partial charge in [-0.25, -0.2) is 4.98 Å². The summed E-state index contributed by atoms with van der Waals surface area (Å²) in [5.41, 5.74) is 10.9. The molecule has 0 saturated carbocycles. The fraction of sp³-hybridized carbons (Fsp3) is 0.0426. The lowest BCUT2D eigenvalue weighted by molar-refractivity contribution is 1.06. The number of hydrogen-bond donors (Lipinski definition) is 0. The Hall–Kier alpha value is -6.25. The summed E-state index contributed by atoms with van der Waals surface area (Å²) < 4.78 is 2.08. The topological polar surface area (TPSA) is 17.3 Å². The molecule has 0 N–H and O–H groups in total. The van der Waals surface area contributed by atoms with Gasteiger partial charge in [0.05, 0.1) is 5.69 Å². The van der Waals surface area contributed by atoms with Gasteiger partial charge in [-0.2, -0.15) is 0 Å². The number of aromatic nitrogens is 2. The highest BCUT2D eigenvalue weighted by atomic mass is 15.0. The van der Waals surface area contributed by atoms with Gasteiger partial charge in [0.1, 0.15) is 5.65 Å². The summed E-state index contributed by atoms with van der Waals surface area (Å²) in [6.45, 7) is 0. The molecule has 0 radical (unpaired) electrons. The number of imidazole rings is 1. The molecule has 2 aromatic heterocycles. The van der Waals surface area contributed by atoms with Gasteiger partial charge in [-0.3, -0.25) is 0 Å². The van der Waals surface area contributed by atoms with Gasteiger partial charge in [0.25, 0.3) is 0 Å². The van der Waals surface area contributed by atoms with Crippen molar-refractivity contribution in [3.05, 3.63) is 176 Å². The van der Waals surface area contributed by atoms with E-state index in [9.17, 15) is 0 Å². The largest absolute Gasteiger partial charge is 0.306 e. The highest BCUT2D eigenvalue weighted by Crippen LogP contribution is 2.49. The first-order valence-electron chi connectivity index (χ1n) is 17.1. The van der Waals surface area contributed by atoms with Crippen LogP contribution in [0.1, 0.15) is 18.4 Å². The van der Waals surface area contributed by atoms with E-state index in [2.05, 4.69) is 150 Å². The Balaban J connectivity index is 1.26. The Morgan fingerprint density at radius 3 is 1.41 bits per heavy atom. The van der Waals surface area contributed by atoms with Crippen LogP contribution in [-0.2, 0) is 0 Å². The van der Waals surface area contributed by atoms with Crippen molar-refractivity contribution in [1.29, 1.82) is 0 Å². The molecule has 230 valence electrons. The maximum absolute atomic E-state index is 4.87. The van der Waals surface area contributed by atoms with Crippen LogP contribution in [0.5, 0.6) is 0 Å². The van der Waals surface area contributed by atoms with Crippen molar-refractivity contribution >= 4 is 54.3 Å². The Kier molecular flexibility index (Phi) is 6.35. The zero-order valence-corrected chi connectivity index (χ0v) is 27.0. The molecule has 2 heteroatoms. The molecule has 0 spiro atoms. The Bertz CT molecular complexity index is 2670.